The first-order valence-electron chi connectivity index (χ1n) is 6.13. The minimum Gasteiger partial charge on any atom is -0.368 e. The molecule has 3 rings (SSSR count). The summed E-state index contributed by atoms with van der Waals surface area (Å²) in [7, 11) is 0. The van der Waals surface area contributed by atoms with E-state index in [9.17, 15) is 4.39 Å². The van der Waals surface area contributed by atoms with Crippen LogP contribution in [0.3, 0.4) is 0 Å². The monoisotopic (exact) mass is 272 g/mol. The second kappa shape index (κ2) is 5.12. The predicted octanol–water partition coefficient (Wildman–Crippen LogP) is 1.49. The van der Waals surface area contributed by atoms with Crippen LogP contribution in [-0.2, 0) is 0 Å². The van der Waals surface area contributed by atoms with E-state index in [1.54, 1.807) is 36.6 Å². The molecule has 0 saturated carbocycles. The molecule has 0 fully saturated rings. The van der Waals surface area contributed by atoms with E-state index in [1.807, 2.05) is 6.07 Å². The topological polar surface area (TPSA) is 81.6 Å². The van der Waals surface area contributed by atoms with Gasteiger partial charge < -0.3 is 11.1 Å². The second-order valence-electron chi connectivity index (χ2n) is 4.28. The third-order valence-corrected chi connectivity index (χ3v) is 2.86. The summed E-state index contributed by atoms with van der Waals surface area (Å²) in [6, 6.07) is 4.88. The molecule has 3 N–H and O–H groups in total. The number of aromatic nitrogens is 4. The average Bonchev–Trinajstić information content (AvgIpc) is 2.83. The number of anilines is 2. The summed E-state index contributed by atoms with van der Waals surface area (Å²) in [5.74, 6) is 1.01. The van der Waals surface area contributed by atoms with Crippen molar-refractivity contribution in [1.82, 2.24) is 19.7 Å². The maximum atomic E-state index is 13.7. The van der Waals surface area contributed by atoms with Gasteiger partial charge in [-0.05, 0) is 18.2 Å². The van der Waals surface area contributed by atoms with Gasteiger partial charge in [0.15, 0.2) is 5.82 Å². The highest BCUT2D eigenvalue weighted by molar-refractivity contribution is 5.40. The predicted molar refractivity (Wildman–Crippen MR) is 74.2 cm³/mol. The Balaban J connectivity index is 1.83. The lowest BCUT2D eigenvalue weighted by Gasteiger charge is -2.17. The molecular weight excluding hydrogens is 259 g/mol. The van der Waals surface area contributed by atoms with Crippen LogP contribution in [0, 0.1) is 0 Å². The van der Waals surface area contributed by atoms with Crippen LogP contribution in [0.25, 0.3) is 5.82 Å². The Labute approximate surface area is 114 Å². The van der Waals surface area contributed by atoms with Crippen LogP contribution >= 0.6 is 0 Å². The molecule has 6 nitrogen and oxygen atoms in total. The zero-order valence-electron chi connectivity index (χ0n) is 10.5. The quantitative estimate of drug-likeness (QED) is 0.884. The van der Waals surface area contributed by atoms with E-state index < -0.39 is 12.2 Å². The van der Waals surface area contributed by atoms with Crippen LogP contribution in [0.1, 0.15) is 0 Å². The van der Waals surface area contributed by atoms with Crippen LogP contribution in [0.5, 0.6) is 0 Å². The van der Waals surface area contributed by atoms with Crippen molar-refractivity contribution in [1.29, 1.82) is 0 Å². The van der Waals surface area contributed by atoms with Crippen LogP contribution in [-0.4, -0.2) is 32.0 Å². The van der Waals surface area contributed by atoms with Crippen molar-refractivity contribution < 1.29 is 4.39 Å². The summed E-state index contributed by atoms with van der Waals surface area (Å²) >= 11 is 0. The second-order valence-corrected chi connectivity index (χ2v) is 4.28. The highest BCUT2D eigenvalue weighted by Crippen LogP contribution is 2.16. The molecular formula is C13H13FN6. The Morgan fingerprint density at radius 2 is 2.10 bits per heavy atom. The van der Waals surface area contributed by atoms with E-state index in [4.69, 9.17) is 5.73 Å². The number of nitrogens with one attached hydrogen (secondary N) is 1. The molecule has 2 unspecified atom stereocenters. The normalized spacial score (nSPS) is 21.1. The van der Waals surface area contributed by atoms with Gasteiger partial charge >= 0.3 is 0 Å². The molecule has 2 atom stereocenters. The molecule has 0 bridgehead atoms. The summed E-state index contributed by atoms with van der Waals surface area (Å²) in [6.45, 7) is 0. The number of rotatable bonds is 3. The van der Waals surface area contributed by atoms with Gasteiger partial charge in [0, 0.05) is 6.20 Å². The van der Waals surface area contributed by atoms with E-state index in [1.165, 1.54) is 10.8 Å². The molecule has 20 heavy (non-hydrogen) atoms. The number of allylic oxidation sites excluding steroid dienone is 2. The molecule has 1 aliphatic carbocycles. The van der Waals surface area contributed by atoms with Gasteiger partial charge in [0.05, 0.1) is 6.04 Å². The van der Waals surface area contributed by atoms with Gasteiger partial charge in [-0.3, -0.25) is 0 Å². The lowest BCUT2D eigenvalue weighted by molar-refractivity contribution is 0.379. The van der Waals surface area contributed by atoms with E-state index in [2.05, 4.69) is 20.4 Å². The van der Waals surface area contributed by atoms with Crippen LogP contribution in [0.4, 0.5) is 16.3 Å². The maximum absolute atomic E-state index is 13.7. The number of nitrogens with zero attached hydrogens (tertiary/aromatic N) is 4. The third-order valence-electron chi connectivity index (χ3n) is 2.86. The smallest absolute Gasteiger partial charge is 0.245 e. The largest absolute Gasteiger partial charge is 0.368 e. The van der Waals surface area contributed by atoms with Crippen molar-refractivity contribution in [3.05, 3.63) is 48.7 Å². The molecule has 0 radical (unpaired) electrons. The van der Waals surface area contributed by atoms with Gasteiger partial charge in [-0.25, -0.2) is 9.37 Å². The molecule has 2 aromatic heterocycles. The Hall–Kier alpha value is -2.70. The Morgan fingerprint density at radius 3 is 2.85 bits per heavy atom. The molecule has 7 heteroatoms. The number of hydrogen-bond donors (Lipinski definition) is 2. The number of alkyl halides is 1. The zero-order valence-corrected chi connectivity index (χ0v) is 10.5. The van der Waals surface area contributed by atoms with Crippen molar-refractivity contribution in [3.8, 4) is 5.82 Å². The molecule has 0 aromatic carbocycles. The third kappa shape index (κ3) is 2.37. The molecule has 0 spiro atoms. The lowest BCUT2D eigenvalue weighted by Crippen LogP contribution is -2.29. The molecule has 2 aromatic rings. The highest BCUT2D eigenvalue weighted by Gasteiger charge is 2.20. The highest BCUT2D eigenvalue weighted by atomic mass is 19.1. The average molecular weight is 272 g/mol. The van der Waals surface area contributed by atoms with Gasteiger partial charge in [0.2, 0.25) is 11.9 Å². The number of halogens is 1. The minimum absolute atomic E-state index is 0.192. The van der Waals surface area contributed by atoms with Crippen LogP contribution in [0.2, 0.25) is 0 Å². The van der Waals surface area contributed by atoms with E-state index in [0.29, 0.717) is 5.82 Å². The Morgan fingerprint density at radius 1 is 1.25 bits per heavy atom. The van der Waals surface area contributed by atoms with Crippen molar-refractivity contribution in [2.45, 2.75) is 12.2 Å². The molecule has 0 aliphatic heterocycles. The van der Waals surface area contributed by atoms with E-state index >= 15 is 0 Å². The Bertz CT molecular complexity index is 648. The summed E-state index contributed by atoms with van der Waals surface area (Å²) in [4.78, 5) is 8.21. The van der Waals surface area contributed by atoms with Crippen molar-refractivity contribution in [3.63, 3.8) is 0 Å². The molecule has 2 heterocycles. The van der Waals surface area contributed by atoms with Gasteiger partial charge in [-0.2, -0.15) is 9.67 Å². The molecule has 0 saturated heterocycles. The number of pyridine rings is 1. The van der Waals surface area contributed by atoms with Gasteiger partial charge in [-0.15, -0.1) is 5.10 Å². The van der Waals surface area contributed by atoms with Gasteiger partial charge in [0.25, 0.3) is 0 Å². The van der Waals surface area contributed by atoms with Crippen molar-refractivity contribution >= 4 is 11.9 Å². The molecule has 1 aliphatic rings. The van der Waals surface area contributed by atoms with Gasteiger partial charge in [0.1, 0.15) is 6.17 Å². The maximum Gasteiger partial charge on any atom is 0.245 e. The zero-order chi connectivity index (χ0) is 13.9. The number of hydrogen-bond acceptors (Lipinski definition) is 5. The fraction of sp³-hybridized carbons (Fsp3) is 0.154. The number of nitrogens with two attached hydrogens (primary N) is 1. The summed E-state index contributed by atoms with van der Waals surface area (Å²) in [5, 5.41) is 7.09. The standard InChI is InChI=1S/C13H13FN6/c14-9-5-1-2-6-10(9)17-13-18-12(15)20(19-13)11-7-3-4-8-16-11/h1-10H,(H3,15,17,18,19). The van der Waals surface area contributed by atoms with Crippen molar-refractivity contribution in [2.75, 3.05) is 11.1 Å². The first-order chi connectivity index (χ1) is 9.74. The fourth-order valence-electron chi connectivity index (χ4n) is 1.89. The fourth-order valence-corrected chi connectivity index (χ4v) is 1.89. The lowest BCUT2D eigenvalue weighted by atomic mass is 10.1. The van der Waals surface area contributed by atoms with E-state index in [-0.39, 0.29) is 11.9 Å². The van der Waals surface area contributed by atoms with Crippen molar-refractivity contribution in [2.24, 2.45) is 0 Å². The first-order valence-corrected chi connectivity index (χ1v) is 6.13. The van der Waals surface area contributed by atoms with E-state index in [0.717, 1.165) is 0 Å². The SMILES string of the molecule is Nc1nc(NC2C=CC=CC2F)nn1-c1ccccn1. The summed E-state index contributed by atoms with van der Waals surface area (Å²) < 4.78 is 15.1. The summed E-state index contributed by atoms with van der Waals surface area (Å²) in [6.07, 6.45) is 7.13. The molecule has 102 valence electrons. The molecule has 0 amide bonds. The summed E-state index contributed by atoms with van der Waals surface area (Å²) in [5.41, 5.74) is 5.80. The minimum atomic E-state index is -1.12. The number of nitrogen functional groups attached to an aromatic ring is 1. The first kappa shape index (κ1) is 12.3. The van der Waals surface area contributed by atoms with Crippen LogP contribution < -0.4 is 11.1 Å². The van der Waals surface area contributed by atoms with Gasteiger partial charge in [-0.1, -0.05) is 24.3 Å². The van der Waals surface area contributed by atoms with Crippen LogP contribution in [0.15, 0.2) is 48.7 Å². The Kier molecular flexibility index (Phi) is 3.16.